The fourth-order valence-electron chi connectivity index (χ4n) is 1.30. The van der Waals surface area contributed by atoms with Crippen LogP contribution in [0.15, 0.2) is 27.1 Å². The van der Waals surface area contributed by atoms with Crippen LogP contribution in [0, 0.1) is 0 Å². The molecule has 0 radical (unpaired) electrons. The van der Waals surface area contributed by atoms with Crippen molar-refractivity contribution in [1.82, 2.24) is 5.32 Å². The molecule has 0 saturated carbocycles. The lowest BCUT2D eigenvalue weighted by atomic mass is 10.3. The summed E-state index contributed by atoms with van der Waals surface area (Å²) in [5.41, 5.74) is 0.901. The summed E-state index contributed by atoms with van der Waals surface area (Å²) in [6.45, 7) is 3.13. The minimum absolute atomic E-state index is 0.0149. The van der Waals surface area contributed by atoms with Crippen molar-refractivity contribution < 1.29 is 4.79 Å². The van der Waals surface area contributed by atoms with Crippen molar-refractivity contribution in [3.63, 3.8) is 0 Å². The predicted molar refractivity (Wildman–Crippen MR) is 78.2 cm³/mol. The fourth-order valence-corrected chi connectivity index (χ4v) is 2.58. The van der Waals surface area contributed by atoms with E-state index in [0.29, 0.717) is 0 Å². The lowest BCUT2D eigenvalue weighted by Gasteiger charge is -2.10. The first-order valence-corrected chi connectivity index (χ1v) is 7.18. The molecule has 5 heteroatoms. The molecule has 0 aliphatic rings. The second kappa shape index (κ2) is 7.71. The molecule has 1 aromatic rings. The van der Waals surface area contributed by atoms with Crippen molar-refractivity contribution in [3.8, 4) is 0 Å². The molecule has 17 heavy (non-hydrogen) atoms. The van der Waals surface area contributed by atoms with Gasteiger partial charge in [0.25, 0.3) is 0 Å². The standard InChI is InChI=1S/C12H16Br2N2O/c1-2-3-7-15-11(17)8-16-12-9(13)5-4-6-10(12)14/h4-6,16H,2-3,7-8H2,1H3,(H,15,17). The van der Waals surface area contributed by atoms with Gasteiger partial charge in [-0.2, -0.15) is 0 Å². The Labute approximate surface area is 119 Å². The molecule has 0 bridgehead atoms. The van der Waals surface area contributed by atoms with Gasteiger partial charge in [0.1, 0.15) is 0 Å². The van der Waals surface area contributed by atoms with Crippen molar-refractivity contribution in [3.05, 3.63) is 27.1 Å². The number of hydrogen-bond donors (Lipinski definition) is 2. The number of benzene rings is 1. The van der Waals surface area contributed by atoms with Gasteiger partial charge in [0, 0.05) is 15.5 Å². The third kappa shape index (κ3) is 5.08. The summed E-state index contributed by atoms with van der Waals surface area (Å²) in [4.78, 5) is 11.5. The summed E-state index contributed by atoms with van der Waals surface area (Å²) in [7, 11) is 0. The molecule has 0 aliphatic heterocycles. The van der Waals surface area contributed by atoms with E-state index in [4.69, 9.17) is 0 Å². The Morgan fingerprint density at radius 1 is 1.29 bits per heavy atom. The lowest BCUT2D eigenvalue weighted by Crippen LogP contribution is -2.30. The molecule has 1 amide bonds. The number of unbranched alkanes of at least 4 members (excludes halogenated alkanes) is 1. The molecular weight excluding hydrogens is 348 g/mol. The van der Waals surface area contributed by atoms with Crippen molar-refractivity contribution in [2.45, 2.75) is 19.8 Å². The van der Waals surface area contributed by atoms with Crippen molar-refractivity contribution >= 4 is 43.5 Å². The van der Waals surface area contributed by atoms with Crippen molar-refractivity contribution in [2.75, 3.05) is 18.4 Å². The monoisotopic (exact) mass is 362 g/mol. The van der Waals surface area contributed by atoms with Gasteiger partial charge in [-0.3, -0.25) is 4.79 Å². The van der Waals surface area contributed by atoms with E-state index in [-0.39, 0.29) is 12.5 Å². The molecule has 1 aromatic carbocycles. The van der Waals surface area contributed by atoms with E-state index in [0.717, 1.165) is 34.0 Å². The first-order valence-electron chi connectivity index (χ1n) is 5.59. The van der Waals surface area contributed by atoms with E-state index in [1.807, 2.05) is 18.2 Å². The fraction of sp³-hybridized carbons (Fsp3) is 0.417. The number of carbonyl (C=O) groups is 1. The second-order valence-electron chi connectivity index (χ2n) is 3.65. The molecule has 0 saturated heterocycles. The van der Waals surface area contributed by atoms with Gasteiger partial charge in [-0.1, -0.05) is 19.4 Å². The first kappa shape index (κ1) is 14.5. The van der Waals surface area contributed by atoms with Gasteiger partial charge in [-0.25, -0.2) is 0 Å². The first-order chi connectivity index (χ1) is 8.15. The van der Waals surface area contributed by atoms with Crippen LogP contribution in [0.4, 0.5) is 5.69 Å². The average molecular weight is 364 g/mol. The Bertz CT molecular complexity index is 363. The molecular formula is C12H16Br2N2O. The molecule has 0 fully saturated rings. The smallest absolute Gasteiger partial charge is 0.239 e. The molecule has 1 rings (SSSR count). The highest BCUT2D eigenvalue weighted by Crippen LogP contribution is 2.30. The number of rotatable bonds is 6. The Balaban J connectivity index is 2.42. The minimum Gasteiger partial charge on any atom is -0.374 e. The van der Waals surface area contributed by atoms with E-state index in [1.165, 1.54) is 0 Å². The summed E-state index contributed by atoms with van der Waals surface area (Å²) < 4.78 is 1.88. The maximum absolute atomic E-state index is 11.5. The Kier molecular flexibility index (Phi) is 6.58. The zero-order chi connectivity index (χ0) is 12.7. The summed E-state index contributed by atoms with van der Waals surface area (Å²) in [6, 6.07) is 5.80. The predicted octanol–water partition coefficient (Wildman–Crippen LogP) is 3.54. The van der Waals surface area contributed by atoms with Gasteiger partial charge in [-0.05, 0) is 50.4 Å². The summed E-state index contributed by atoms with van der Waals surface area (Å²) in [5.74, 6) is 0.0149. The maximum Gasteiger partial charge on any atom is 0.239 e. The van der Waals surface area contributed by atoms with E-state index in [1.54, 1.807) is 0 Å². The SMILES string of the molecule is CCCCNC(=O)CNc1c(Br)cccc1Br. The summed E-state index contributed by atoms with van der Waals surface area (Å²) >= 11 is 6.87. The van der Waals surface area contributed by atoms with Crippen LogP contribution in [0.5, 0.6) is 0 Å². The molecule has 0 unspecified atom stereocenters. The topological polar surface area (TPSA) is 41.1 Å². The number of carbonyl (C=O) groups excluding carboxylic acids is 1. The third-order valence-corrected chi connectivity index (χ3v) is 3.56. The van der Waals surface area contributed by atoms with Crippen LogP contribution in [0.2, 0.25) is 0 Å². The van der Waals surface area contributed by atoms with Crippen LogP contribution >= 0.6 is 31.9 Å². The highest BCUT2D eigenvalue weighted by Gasteiger charge is 2.06. The van der Waals surface area contributed by atoms with Crippen LogP contribution < -0.4 is 10.6 Å². The highest BCUT2D eigenvalue weighted by molar-refractivity contribution is 9.11. The number of anilines is 1. The van der Waals surface area contributed by atoms with Gasteiger partial charge in [0.2, 0.25) is 5.91 Å². The normalized spacial score (nSPS) is 10.1. The quantitative estimate of drug-likeness (QED) is 0.759. The molecule has 0 spiro atoms. The number of hydrogen-bond acceptors (Lipinski definition) is 2. The molecule has 3 nitrogen and oxygen atoms in total. The Morgan fingerprint density at radius 2 is 1.94 bits per heavy atom. The summed E-state index contributed by atoms with van der Waals surface area (Å²) in [5, 5.41) is 5.96. The molecule has 2 N–H and O–H groups in total. The maximum atomic E-state index is 11.5. The minimum atomic E-state index is 0.0149. The molecule has 94 valence electrons. The van der Waals surface area contributed by atoms with E-state index < -0.39 is 0 Å². The van der Waals surface area contributed by atoms with Gasteiger partial charge in [0.05, 0.1) is 12.2 Å². The third-order valence-electron chi connectivity index (χ3n) is 2.24. The molecule has 0 heterocycles. The number of para-hydroxylation sites is 1. The average Bonchev–Trinajstić information content (AvgIpc) is 2.29. The van der Waals surface area contributed by atoms with Crippen LogP contribution in [0.25, 0.3) is 0 Å². The van der Waals surface area contributed by atoms with Crippen LogP contribution in [0.3, 0.4) is 0 Å². The molecule has 0 aliphatic carbocycles. The number of halogens is 2. The van der Waals surface area contributed by atoms with Gasteiger partial charge < -0.3 is 10.6 Å². The van der Waals surface area contributed by atoms with Crippen LogP contribution in [-0.4, -0.2) is 19.0 Å². The highest BCUT2D eigenvalue weighted by atomic mass is 79.9. The largest absolute Gasteiger partial charge is 0.374 e. The lowest BCUT2D eigenvalue weighted by molar-refractivity contribution is -0.119. The number of amides is 1. The summed E-state index contributed by atoms with van der Waals surface area (Å²) in [6.07, 6.45) is 2.11. The van der Waals surface area contributed by atoms with Crippen molar-refractivity contribution in [1.29, 1.82) is 0 Å². The van der Waals surface area contributed by atoms with Gasteiger partial charge >= 0.3 is 0 Å². The second-order valence-corrected chi connectivity index (χ2v) is 5.36. The van der Waals surface area contributed by atoms with Crippen LogP contribution in [-0.2, 0) is 4.79 Å². The Hall–Kier alpha value is -0.550. The molecule has 0 atom stereocenters. The van der Waals surface area contributed by atoms with E-state index >= 15 is 0 Å². The number of nitrogens with one attached hydrogen (secondary N) is 2. The van der Waals surface area contributed by atoms with Crippen molar-refractivity contribution in [2.24, 2.45) is 0 Å². The van der Waals surface area contributed by atoms with Gasteiger partial charge in [-0.15, -0.1) is 0 Å². The zero-order valence-corrected chi connectivity index (χ0v) is 12.9. The van der Waals surface area contributed by atoms with E-state index in [9.17, 15) is 4.79 Å². The van der Waals surface area contributed by atoms with E-state index in [2.05, 4.69) is 49.4 Å². The Morgan fingerprint density at radius 3 is 2.53 bits per heavy atom. The van der Waals surface area contributed by atoms with Crippen LogP contribution in [0.1, 0.15) is 19.8 Å². The van der Waals surface area contributed by atoms with Gasteiger partial charge in [0.15, 0.2) is 0 Å². The molecule has 0 aromatic heterocycles. The zero-order valence-electron chi connectivity index (χ0n) is 9.72.